The van der Waals surface area contributed by atoms with E-state index in [4.69, 9.17) is 12.2 Å². The molecule has 112 valence electrons. The predicted octanol–water partition coefficient (Wildman–Crippen LogP) is 4.56. The summed E-state index contributed by atoms with van der Waals surface area (Å²) >= 11 is 5.62. The van der Waals surface area contributed by atoms with Gasteiger partial charge in [0.05, 0.1) is 0 Å². The molecule has 0 bridgehead atoms. The van der Waals surface area contributed by atoms with Crippen LogP contribution in [0.3, 0.4) is 0 Å². The normalized spacial score (nSPS) is 10.9. The molecule has 20 heavy (non-hydrogen) atoms. The molecular weight excluding hydrogens is 264 g/mol. The van der Waals surface area contributed by atoms with Gasteiger partial charge < -0.3 is 10.2 Å². The molecule has 1 rings (SSSR count). The Morgan fingerprint density at radius 1 is 1.10 bits per heavy atom. The van der Waals surface area contributed by atoms with Crippen LogP contribution >= 0.6 is 12.2 Å². The van der Waals surface area contributed by atoms with Crippen molar-refractivity contribution in [1.82, 2.24) is 4.90 Å². The first-order valence-electron chi connectivity index (χ1n) is 7.57. The lowest BCUT2D eigenvalue weighted by molar-refractivity contribution is 0.332. The van der Waals surface area contributed by atoms with E-state index in [0.717, 1.165) is 30.3 Å². The number of hydrogen-bond acceptors (Lipinski definition) is 1. The summed E-state index contributed by atoms with van der Waals surface area (Å²) in [7, 11) is 0. The summed E-state index contributed by atoms with van der Waals surface area (Å²) in [5.41, 5.74) is 2.45. The van der Waals surface area contributed by atoms with E-state index in [9.17, 15) is 0 Å². The number of aryl methyl sites for hydroxylation is 1. The number of hydrogen-bond donors (Lipinski definition) is 1. The van der Waals surface area contributed by atoms with E-state index in [0.29, 0.717) is 11.8 Å². The summed E-state index contributed by atoms with van der Waals surface area (Å²) < 4.78 is 0. The van der Waals surface area contributed by atoms with Crippen molar-refractivity contribution >= 4 is 23.0 Å². The minimum atomic E-state index is 0.606. The number of thiocarbonyl (C=S) groups is 1. The Labute approximate surface area is 129 Å². The second-order valence-corrected chi connectivity index (χ2v) is 6.52. The van der Waals surface area contributed by atoms with E-state index in [2.05, 4.69) is 69.1 Å². The molecule has 3 heteroatoms. The molecule has 0 aliphatic rings. The highest BCUT2D eigenvalue weighted by Gasteiger charge is 2.14. The molecule has 0 spiro atoms. The molecule has 1 aromatic carbocycles. The Morgan fingerprint density at radius 3 is 2.15 bits per heavy atom. The molecule has 2 nitrogen and oxygen atoms in total. The number of rotatable bonds is 6. The largest absolute Gasteiger partial charge is 0.349 e. The second-order valence-electron chi connectivity index (χ2n) is 6.13. The molecular formula is C17H28N2S. The van der Waals surface area contributed by atoms with Gasteiger partial charge >= 0.3 is 0 Å². The minimum absolute atomic E-state index is 0.606. The van der Waals surface area contributed by atoms with Gasteiger partial charge in [-0.1, -0.05) is 52.8 Å². The molecule has 0 atom stereocenters. The van der Waals surface area contributed by atoms with Crippen LogP contribution < -0.4 is 5.32 Å². The van der Waals surface area contributed by atoms with Crippen LogP contribution in [0.5, 0.6) is 0 Å². The summed E-state index contributed by atoms with van der Waals surface area (Å²) in [6, 6.07) is 8.39. The molecule has 0 saturated heterocycles. The van der Waals surface area contributed by atoms with Crippen LogP contribution in [0.2, 0.25) is 0 Å². The monoisotopic (exact) mass is 292 g/mol. The molecule has 0 heterocycles. The molecule has 0 unspecified atom stereocenters. The smallest absolute Gasteiger partial charge is 0.173 e. The van der Waals surface area contributed by atoms with Crippen LogP contribution in [0.25, 0.3) is 0 Å². The average Bonchev–Trinajstić information content (AvgIpc) is 2.37. The maximum Gasteiger partial charge on any atom is 0.173 e. The fourth-order valence-electron chi connectivity index (χ4n) is 2.27. The van der Waals surface area contributed by atoms with Gasteiger partial charge in [-0.25, -0.2) is 0 Å². The summed E-state index contributed by atoms with van der Waals surface area (Å²) in [4.78, 5) is 2.29. The summed E-state index contributed by atoms with van der Waals surface area (Å²) in [6.45, 7) is 13.1. The highest BCUT2D eigenvalue weighted by molar-refractivity contribution is 7.80. The van der Waals surface area contributed by atoms with Gasteiger partial charge in [-0.2, -0.15) is 0 Å². The predicted molar refractivity (Wildman–Crippen MR) is 93.3 cm³/mol. The quantitative estimate of drug-likeness (QED) is 0.774. The lowest BCUT2D eigenvalue weighted by Gasteiger charge is -2.29. The van der Waals surface area contributed by atoms with Gasteiger partial charge in [0.15, 0.2) is 5.11 Å². The first kappa shape index (κ1) is 17.0. The lowest BCUT2D eigenvalue weighted by atomic mass is 10.1. The zero-order valence-corrected chi connectivity index (χ0v) is 14.3. The zero-order chi connectivity index (χ0) is 15.1. The van der Waals surface area contributed by atoms with Gasteiger partial charge in [-0.15, -0.1) is 0 Å². The second kappa shape index (κ2) is 8.25. The highest BCUT2D eigenvalue weighted by atomic mass is 32.1. The topological polar surface area (TPSA) is 15.3 Å². The van der Waals surface area contributed by atoms with E-state index in [1.807, 2.05) is 0 Å². The van der Waals surface area contributed by atoms with Crippen LogP contribution in [0.15, 0.2) is 24.3 Å². The number of para-hydroxylation sites is 1. The van der Waals surface area contributed by atoms with Crippen molar-refractivity contribution in [3.8, 4) is 0 Å². The Hall–Kier alpha value is -1.09. The summed E-state index contributed by atoms with van der Waals surface area (Å²) in [5.74, 6) is 1.21. The van der Waals surface area contributed by atoms with Crippen LogP contribution in [-0.4, -0.2) is 23.1 Å². The average molecular weight is 292 g/mol. The lowest BCUT2D eigenvalue weighted by Crippen LogP contribution is -2.39. The van der Waals surface area contributed by atoms with E-state index in [1.165, 1.54) is 5.56 Å². The number of benzene rings is 1. The Morgan fingerprint density at radius 2 is 1.65 bits per heavy atom. The van der Waals surface area contributed by atoms with Gasteiger partial charge in [0.2, 0.25) is 0 Å². The van der Waals surface area contributed by atoms with Crippen LogP contribution in [-0.2, 0) is 6.42 Å². The highest BCUT2D eigenvalue weighted by Crippen LogP contribution is 2.17. The van der Waals surface area contributed by atoms with Crippen LogP contribution in [0.1, 0.15) is 40.2 Å². The number of anilines is 1. The van der Waals surface area contributed by atoms with Crippen molar-refractivity contribution in [3.05, 3.63) is 29.8 Å². The van der Waals surface area contributed by atoms with E-state index in [-0.39, 0.29) is 0 Å². The molecule has 0 radical (unpaired) electrons. The summed E-state index contributed by atoms with van der Waals surface area (Å²) in [5, 5.41) is 4.27. The molecule has 0 aliphatic heterocycles. The van der Waals surface area contributed by atoms with E-state index in [1.54, 1.807) is 0 Å². The minimum Gasteiger partial charge on any atom is -0.349 e. The molecule has 1 N–H and O–H groups in total. The number of nitrogens with zero attached hydrogens (tertiary/aromatic N) is 1. The van der Waals surface area contributed by atoms with Gasteiger partial charge in [0, 0.05) is 18.8 Å². The first-order chi connectivity index (χ1) is 9.43. The Bertz CT molecular complexity index is 417. The van der Waals surface area contributed by atoms with Crippen LogP contribution in [0, 0.1) is 11.8 Å². The van der Waals surface area contributed by atoms with Crippen molar-refractivity contribution in [2.24, 2.45) is 11.8 Å². The standard InChI is InChI=1S/C17H28N2S/c1-6-15-9-7-8-10-16(15)18-17(20)19(11-13(2)3)12-14(4)5/h7-10,13-14H,6,11-12H2,1-5H3,(H,18,20). The Balaban J connectivity index is 2.79. The van der Waals surface area contributed by atoms with E-state index >= 15 is 0 Å². The number of nitrogens with one attached hydrogen (secondary N) is 1. The molecule has 0 saturated carbocycles. The van der Waals surface area contributed by atoms with Gasteiger partial charge in [-0.05, 0) is 42.1 Å². The third-order valence-electron chi connectivity index (χ3n) is 3.10. The maximum absolute atomic E-state index is 5.62. The zero-order valence-electron chi connectivity index (χ0n) is 13.4. The SMILES string of the molecule is CCc1ccccc1NC(=S)N(CC(C)C)CC(C)C. The van der Waals surface area contributed by atoms with Crippen molar-refractivity contribution in [1.29, 1.82) is 0 Å². The van der Waals surface area contributed by atoms with Gasteiger partial charge in [0.25, 0.3) is 0 Å². The first-order valence-corrected chi connectivity index (χ1v) is 7.98. The summed E-state index contributed by atoms with van der Waals surface area (Å²) in [6.07, 6.45) is 1.01. The fourth-order valence-corrected chi connectivity index (χ4v) is 2.53. The van der Waals surface area contributed by atoms with E-state index < -0.39 is 0 Å². The molecule has 0 fully saturated rings. The van der Waals surface area contributed by atoms with Crippen molar-refractivity contribution < 1.29 is 0 Å². The third kappa shape index (κ3) is 5.49. The van der Waals surface area contributed by atoms with Crippen LogP contribution in [0.4, 0.5) is 5.69 Å². The van der Waals surface area contributed by atoms with Gasteiger partial charge in [0.1, 0.15) is 0 Å². The third-order valence-corrected chi connectivity index (χ3v) is 3.46. The van der Waals surface area contributed by atoms with Crippen molar-refractivity contribution in [2.75, 3.05) is 18.4 Å². The fraction of sp³-hybridized carbons (Fsp3) is 0.588. The Kier molecular flexibility index (Phi) is 7.00. The molecule has 0 amide bonds. The molecule has 1 aromatic rings. The van der Waals surface area contributed by atoms with Crippen molar-refractivity contribution in [3.63, 3.8) is 0 Å². The van der Waals surface area contributed by atoms with Gasteiger partial charge in [-0.3, -0.25) is 0 Å². The van der Waals surface area contributed by atoms with Crippen molar-refractivity contribution in [2.45, 2.75) is 41.0 Å². The maximum atomic E-state index is 5.62. The molecule has 0 aromatic heterocycles. The molecule has 0 aliphatic carbocycles.